The Labute approximate surface area is 173 Å². The molecule has 0 radical (unpaired) electrons. The summed E-state index contributed by atoms with van der Waals surface area (Å²) in [6.45, 7) is 0. The molecule has 1 unspecified atom stereocenters. The molecule has 0 aliphatic heterocycles. The third-order valence-corrected chi connectivity index (χ3v) is 5.29. The van der Waals surface area contributed by atoms with Gasteiger partial charge in [0, 0.05) is 45.1 Å². The highest BCUT2D eigenvalue weighted by Gasteiger charge is 2.27. The molecule has 4 N–H and O–H groups in total. The highest BCUT2D eigenvalue weighted by atomic mass is 79.9. The summed E-state index contributed by atoms with van der Waals surface area (Å²) in [5.74, 6) is -2.96. The van der Waals surface area contributed by atoms with Crippen LogP contribution in [0.3, 0.4) is 0 Å². The monoisotopic (exact) mass is 453 g/mol. The lowest BCUT2D eigenvalue weighted by Crippen LogP contribution is -2.45. The number of fused-ring (bicyclic) bond motifs is 2. The summed E-state index contributed by atoms with van der Waals surface area (Å²) in [5.41, 5.74) is 2.52. The van der Waals surface area contributed by atoms with E-state index in [-0.39, 0.29) is 12.0 Å². The number of rotatable bonds is 6. The van der Waals surface area contributed by atoms with Gasteiger partial charge in [0.2, 0.25) is 0 Å². The molecule has 0 aliphatic carbocycles. The van der Waals surface area contributed by atoms with E-state index in [9.17, 15) is 19.5 Å². The number of carbonyl (C=O) groups excluding carboxylic acids is 2. The summed E-state index contributed by atoms with van der Waals surface area (Å²) in [5, 5.41) is 13.4. The van der Waals surface area contributed by atoms with Crippen LogP contribution in [-0.2, 0) is 16.0 Å². The van der Waals surface area contributed by atoms with Crippen LogP contribution in [0.4, 0.5) is 0 Å². The average Bonchev–Trinajstić information content (AvgIpc) is 3.30. The number of halogens is 1. The number of Topliss-reactive ketones (excluding diaryl/α,β-unsaturated/α-hetero) is 1. The molecule has 0 aliphatic rings. The van der Waals surface area contributed by atoms with Crippen molar-refractivity contribution < 1.29 is 19.5 Å². The van der Waals surface area contributed by atoms with Gasteiger partial charge in [-0.2, -0.15) is 0 Å². The van der Waals surface area contributed by atoms with E-state index in [4.69, 9.17) is 0 Å². The maximum Gasteiger partial charge on any atom is 0.326 e. The van der Waals surface area contributed by atoms with Crippen molar-refractivity contribution in [3.05, 3.63) is 70.5 Å². The Hall–Kier alpha value is -3.39. The third-order valence-electron chi connectivity index (χ3n) is 4.80. The van der Waals surface area contributed by atoms with Crippen LogP contribution in [0.2, 0.25) is 0 Å². The summed E-state index contributed by atoms with van der Waals surface area (Å²) < 4.78 is 0.766. The Kier molecular flexibility index (Phi) is 4.94. The molecular weight excluding hydrogens is 438 g/mol. The summed E-state index contributed by atoms with van der Waals surface area (Å²) in [4.78, 5) is 42.9. The minimum absolute atomic E-state index is 0.0534. The fraction of sp³-hybridized carbons (Fsp3) is 0.0952. The second-order valence-electron chi connectivity index (χ2n) is 6.65. The number of aromatic amines is 2. The molecule has 4 rings (SSSR count). The smallest absolute Gasteiger partial charge is 0.326 e. The van der Waals surface area contributed by atoms with Gasteiger partial charge in [-0.25, -0.2) is 4.79 Å². The summed E-state index contributed by atoms with van der Waals surface area (Å²) >= 11 is 3.34. The van der Waals surface area contributed by atoms with Gasteiger partial charge in [-0.3, -0.25) is 9.59 Å². The lowest BCUT2D eigenvalue weighted by atomic mass is 10.0. The van der Waals surface area contributed by atoms with Crippen molar-refractivity contribution in [2.45, 2.75) is 12.5 Å². The van der Waals surface area contributed by atoms with Crippen LogP contribution in [0.5, 0.6) is 0 Å². The Bertz CT molecular complexity index is 1260. The van der Waals surface area contributed by atoms with Crippen LogP contribution in [-0.4, -0.2) is 38.8 Å². The molecule has 0 saturated carbocycles. The number of hydrogen-bond donors (Lipinski definition) is 4. The second kappa shape index (κ2) is 7.56. The SMILES string of the molecule is O=C(NC(Cc1c[nH]c2ccccc12)C(=O)O)C(=O)c1c[nH]c2ccc(Br)cc12. The Balaban J connectivity index is 1.56. The van der Waals surface area contributed by atoms with E-state index in [1.165, 1.54) is 6.20 Å². The summed E-state index contributed by atoms with van der Waals surface area (Å²) in [6, 6.07) is 11.6. The molecule has 2 aromatic heterocycles. The van der Waals surface area contributed by atoms with Crippen molar-refractivity contribution in [1.29, 1.82) is 0 Å². The lowest BCUT2D eigenvalue weighted by Gasteiger charge is -2.13. The minimum Gasteiger partial charge on any atom is -0.480 e. The number of hydrogen-bond acceptors (Lipinski definition) is 3. The molecular formula is C21H16BrN3O4. The number of para-hydroxylation sites is 1. The van der Waals surface area contributed by atoms with E-state index in [1.54, 1.807) is 18.3 Å². The van der Waals surface area contributed by atoms with E-state index < -0.39 is 23.7 Å². The van der Waals surface area contributed by atoms with Gasteiger partial charge in [0.1, 0.15) is 6.04 Å². The van der Waals surface area contributed by atoms with Crippen LogP contribution >= 0.6 is 15.9 Å². The van der Waals surface area contributed by atoms with Gasteiger partial charge in [-0.05, 0) is 29.8 Å². The highest BCUT2D eigenvalue weighted by Crippen LogP contribution is 2.23. The number of aliphatic carboxylic acids is 1. The first-order valence-electron chi connectivity index (χ1n) is 8.83. The predicted molar refractivity (Wildman–Crippen MR) is 112 cm³/mol. The largest absolute Gasteiger partial charge is 0.480 e. The maximum absolute atomic E-state index is 12.7. The lowest BCUT2D eigenvalue weighted by molar-refractivity contribution is -0.141. The van der Waals surface area contributed by atoms with Gasteiger partial charge in [0.25, 0.3) is 11.7 Å². The maximum atomic E-state index is 12.7. The van der Waals surface area contributed by atoms with Crippen molar-refractivity contribution in [1.82, 2.24) is 15.3 Å². The van der Waals surface area contributed by atoms with E-state index in [2.05, 4.69) is 31.2 Å². The van der Waals surface area contributed by atoms with Crippen LogP contribution in [0, 0.1) is 0 Å². The zero-order valence-corrected chi connectivity index (χ0v) is 16.6. The molecule has 1 atom stereocenters. The topological polar surface area (TPSA) is 115 Å². The minimum atomic E-state index is -1.23. The number of nitrogens with one attached hydrogen (secondary N) is 3. The van der Waals surface area contributed by atoms with Gasteiger partial charge in [-0.15, -0.1) is 0 Å². The quantitative estimate of drug-likeness (QED) is 0.264. The third kappa shape index (κ3) is 3.66. The van der Waals surface area contributed by atoms with Gasteiger partial charge < -0.3 is 20.4 Å². The molecule has 8 heteroatoms. The fourth-order valence-electron chi connectivity index (χ4n) is 3.35. The van der Waals surface area contributed by atoms with Crippen LogP contribution < -0.4 is 5.32 Å². The number of carboxylic acid groups (broad SMARTS) is 1. The first-order chi connectivity index (χ1) is 13.9. The Morgan fingerprint density at radius 3 is 2.52 bits per heavy atom. The number of carboxylic acids is 1. The summed E-state index contributed by atoms with van der Waals surface area (Å²) in [6.07, 6.45) is 3.22. The molecule has 0 saturated heterocycles. The highest BCUT2D eigenvalue weighted by molar-refractivity contribution is 9.10. The van der Waals surface area contributed by atoms with Crippen molar-refractivity contribution in [3.63, 3.8) is 0 Å². The normalized spacial score (nSPS) is 12.2. The van der Waals surface area contributed by atoms with Crippen molar-refractivity contribution in [2.24, 2.45) is 0 Å². The number of carbonyl (C=O) groups is 3. The fourth-order valence-corrected chi connectivity index (χ4v) is 3.71. The molecule has 0 bridgehead atoms. The van der Waals surface area contributed by atoms with Gasteiger partial charge in [0.15, 0.2) is 0 Å². The molecule has 29 heavy (non-hydrogen) atoms. The predicted octanol–water partition coefficient (Wildman–Crippen LogP) is 3.41. The number of H-pyrrole nitrogens is 2. The Morgan fingerprint density at radius 2 is 1.72 bits per heavy atom. The first-order valence-corrected chi connectivity index (χ1v) is 9.63. The van der Waals surface area contributed by atoms with Crippen LogP contribution in [0.15, 0.2) is 59.3 Å². The van der Waals surface area contributed by atoms with Gasteiger partial charge in [0.05, 0.1) is 5.56 Å². The molecule has 0 spiro atoms. The standard InChI is InChI=1S/C21H16BrN3O4/c22-12-5-6-17-14(8-12)15(10-24-17)19(26)20(27)25-18(21(28)29)7-11-9-23-16-4-2-1-3-13(11)16/h1-6,8-10,18,23-24H,7H2,(H,25,27)(H,28,29). The number of amides is 1. The van der Waals surface area contributed by atoms with E-state index in [1.807, 2.05) is 30.3 Å². The van der Waals surface area contributed by atoms with E-state index in [0.29, 0.717) is 10.9 Å². The van der Waals surface area contributed by atoms with E-state index >= 15 is 0 Å². The molecule has 146 valence electrons. The molecule has 2 aromatic carbocycles. The van der Waals surface area contributed by atoms with Gasteiger partial charge >= 0.3 is 5.97 Å². The molecule has 2 heterocycles. The number of ketones is 1. The number of aromatic nitrogens is 2. The zero-order valence-electron chi connectivity index (χ0n) is 15.0. The van der Waals surface area contributed by atoms with Gasteiger partial charge in [-0.1, -0.05) is 34.1 Å². The summed E-state index contributed by atoms with van der Waals surface area (Å²) in [7, 11) is 0. The van der Waals surface area contributed by atoms with Crippen molar-refractivity contribution in [2.75, 3.05) is 0 Å². The zero-order chi connectivity index (χ0) is 20.5. The van der Waals surface area contributed by atoms with Crippen LogP contribution in [0.25, 0.3) is 21.8 Å². The van der Waals surface area contributed by atoms with Crippen molar-refractivity contribution >= 4 is 55.4 Å². The van der Waals surface area contributed by atoms with E-state index in [0.717, 1.165) is 20.9 Å². The molecule has 1 amide bonds. The molecule has 4 aromatic rings. The number of benzene rings is 2. The molecule has 0 fully saturated rings. The second-order valence-corrected chi connectivity index (χ2v) is 7.56. The molecule has 7 nitrogen and oxygen atoms in total. The van der Waals surface area contributed by atoms with Crippen molar-refractivity contribution in [3.8, 4) is 0 Å². The Morgan fingerprint density at radius 1 is 1.00 bits per heavy atom. The van der Waals surface area contributed by atoms with Crippen LogP contribution in [0.1, 0.15) is 15.9 Å². The average molecular weight is 454 g/mol. The first kappa shape index (κ1) is 18.9.